The van der Waals surface area contributed by atoms with Gasteiger partial charge in [0.15, 0.2) is 63.9 Å². The molecule has 0 unspecified atom stereocenters. The number of hydrogen-bond donors (Lipinski definition) is 13. The predicted octanol–water partition coefficient (Wildman–Crippen LogP) is 2.48. The maximum atomic E-state index is 14.1. The number of urea groups is 2. The van der Waals surface area contributed by atoms with Gasteiger partial charge in [-0.15, -0.1) is 42.3 Å². The van der Waals surface area contributed by atoms with Crippen LogP contribution in [-0.2, 0) is 122 Å². The van der Waals surface area contributed by atoms with Gasteiger partial charge < -0.3 is 101 Å². The number of ketones is 1. The number of nitrogens with zero attached hydrogens (tertiary/aromatic N) is 13. The molecular weight excluding hydrogens is 1860 g/mol. The van der Waals surface area contributed by atoms with Gasteiger partial charge in [-0.2, -0.15) is 27.1 Å². The number of oxime groups is 2. The Morgan fingerprint density at radius 3 is 1.44 bits per heavy atom. The lowest BCUT2D eigenvalue weighted by Crippen LogP contribution is -2.64. The van der Waals surface area contributed by atoms with Crippen LogP contribution in [0.1, 0.15) is 104 Å². The second-order valence-corrected chi connectivity index (χ2v) is 38.6. The van der Waals surface area contributed by atoms with Crippen LogP contribution in [0.5, 0.6) is 17.2 Å². The molecule has 3 aromatic carbocycles. The molecule has 54 heteroatoms. The quantitative estimate of drug-likeness (QED) is 0.00306. The number of rotatable bonds is 37. The first-order chi connectivity index (χ1) is 63.4. The zero-order valence-electron chi connectivity index (χ0n) is 77.0. The second kappa shape index (κ2) is 45.8. The van der Waals surface area contributed by atoms with Crippen LogP contribution in [0, 0.1) is 5.92 Å². The second-order valence-electron chi connectivity index (χ2n) is 33.3. The third-order valence-electron chi connectivity index (χ3n) is 19.3. The number of hydrogen-bond acceptors (Lipinski definition) is 41. The van der Waals surface area contributed by atoms with E-state index in [0.29, 0.717) is 70.2 Å². The van der Waals surface area contributed by atoms with Gasteiger partial charge in [-0.25, -0.2) is 33.6 Å². The molecule has 4 aliphatic heterocycles. The molecule has 135 heavy (non-hydrogen) atoms. The van der Waals surface area contributed by atoms with Crippen molar-refractivity contribution in [2.75, 3.05) is 91.7 Å². The van der Waals surface area contributed by atoms with Crippen molar-refractivity contribution in [1.82, 2.24) is 59.0 Å². The van der Waals surface area contributed by atoms with Crippen LogP contribution in [-0.4, -0.2) is 250 Å². The highest BCUT2D eigenvalue weighted by atomic mass is 32.2. The van der Waals surface area contributed by atoms with E-state index in [1.165, 1.54) is 80.4 Å². The Labute approximate surface area is 793 Å². The summed E-state index contributed by atoms with van der Waals surface area (Å²) in [6, 6.07) is 19.0. The van der Waals surface area contributed by atoms with Crippen molar-refractivity contribution in [2.45, 2.75) is 155 Å². The number of carbonyl (C=O) groups is 10. The summed E-state index contributed by atoms with van der Waals surface area (Å²) in [6.07, 6.45) is 5.02. The van der Waals surface area contributed by atoms with Gasteiger partial charge in [0, 0.05) is 90.1 Å². The van der Waals surface area contributed by atoms with Crippen LogP contribution in [0.2, 0.25) is 13.6 Å². The number of nitrogens with one attached hydrogen (secondary N) is 6. The number of carbonyl (C=O) groups excluding carboxylic acids is 10. The average Bonchev–Trinajstić information content (AvgIpc) is 1.69. The summed E-state index contributed by atoms with van der Waals surface area (Å²) in [6.45, 7) is 20.1. The topological polar surface area (TPSA) is 638 Å². The molecule has 11 rings (SSSR count). The Balaban J connectivity index is 0.000000245. The number of para-hydroxylation sites is 1. The molecule has 8 heterocycles. The number of nitrogens with two attached hydrogens (primary N) is 4. The van der Waals surface area contributed by atoms with Crippen LogP contribution in [0.15, 0.2) is 123 Å². The largest absolute Gasteiger partial charge is 0.507 e. The van der Waals surface area contributed by atoms with Gasteiger partial charge in [-0.05, 0) is 130 Å². The molecule has 7 aromatic rings. The number of β-lactam (4-membered cyclic amide) rings is 2. The highest BCUT2D eigenvalue weighted by Crippen LogP contribution is 2.47. The summed E-state index contributed by atoms with van der Waals surface area (Å²) >= 11 is 4.38. The number of benzene rings is 3. The molecule has 0 spiro atoms. The van der Waals surface area contributed by atoms with Crippen molar-refractivity contribution in [3.8, 4) is 17.2 Å². The van der Waals surface area contributed by atoms with Crippen molar-refractivity contribution in [3.63, 3.8) is 0 Å². The number of esters is 4. The lowest BCUT2D eigenvalue weighted by molar-refractivity contribution is -0.765. The molecule has 0 saturated carbocycles. The predicted molar refractivity (Wildman–Crippen MR) is 501 cm³/mol. The number of methoxy groups -OCH3 is 2. The fourth-order valence-corrected chi connectivity index (χ4v) is 16.4. The molecule has 2 fully saturated rings. The summed E-state index contributed by atoms with van der Waals surface area (Å²) in [4.78, 5) is 157. The molecule has 4 atom stereocenters. The summed E-state index contributed by atoms with van der Waals surface area (Å²) < 4.78 is 73.7. The minimum atomic E-state index is -4.12. The number of phenols is 1. The lowest BCUT2D eigenvalue weighted by Gasteiger charge is -2.49. The number of ether oxygens (including phenoxy) is 6. The van der Waals surface area contributed by atoms with Crippen LogP contribution in [0.4, 0.5) is 42.9 Å². The fourth-order valence-electron chi connectivity index (χ4n) is 12.4. The van der Waals surface area contributed by atoms with E-state index in [0.717, 1.165) is 28.6 Å². The van der Waals surface area contributed by atoms with Crippen molar-refractivity contribution in [3.05, 3.63) is 136 Å². The van der Waals surface area contributed by atoms with Crippen LogP contribution >= 0.6 is 46.6 Å². The molecule has 0 bridgehead atoms. The van der Waals surface area contributed by atoms with Gasteiger partial charge in [0.2, 0.25) is 46.9 Å². The molecule has 2 saturated heterocycles. The molecule has 4 aliphatic rings. The van der Waals surface area contributed by atoms with Crippen molar-refractivity contribution in [2.24, 2.45) is 35.3 Å². The van der Waals surface area contributed by atoms with Gasteiger partial charge in [-0.3, -0.25) is 39.8 Å². The number of aliphatic imine (C=N–C) groups is 1. The monoisotopic (exact) mass is 1970 g/mol. The van der Waals surface area contributed by atoms with Crippen LogP contribution in [0.3, 0.4) is 0 Å². The van der Waals surface area contributed by atoms with Crippen LogP contribution < -0.4 is 73.5 Å². The number of anilines is 6. The summed E-state index contributed by atoms with van der Waals surface area (Å²) in [5.74, 6) is -4.70. The van der Waals surface area contributed by atoms with Gasteiger partial charge in [0.25, 0.3) is 5.91 Å². The van der Waals surface area contributed by atoms with Crippen LogP contribution in [0.25, 0.3) is 0 Å². The summed E-state index contributed by atoms with van der Waals surface area (Å²) in [5, 5.41) is 51.7. The van der Waals surface area contributed by atoms with E-state index in [1.54, 1.807) is 174 Å². The normalized spacial score (nSPS) is 16.2. The summed E-state index contributed by atoms with van der Waals surface area (Å²) in [5.41, 5.74) is 22.0. The molecule has 0 radical (unpaired) electrons. The van der Waals surface area contributed by atoms with E-state index in [9.17, 15) is 71.5 Å². The Morgan fingerprint density at radius 2 is 1.03 bits per heavy atom. The molecule has 0 aliphatic carbocycles. The summed E-state index contributed by atoms with van der Waals surface area (Å²) in [7, 11) is 0.939. The first-order valence-electron chi connectivity index (χ1n) is 41.4. The fraction of sp³-hybridized carbons (Fsp3) is 0.444. The smallest absolute Gasteiger partial charge is 0.379 e. The molecule has 47 nitrogen and oxygen atoms in total. The van der Waals surface area contributed by atoms with E-state index < -0.39 is 129 Å². The number of nitrogen functional groups attached to an aromatic ring is 4. The van der Waals surface area contributed by atoms with Gasteiger partial charge >= 0.3 is 66.1 Å². The Bertz CT molecular complexity index is 5810. The number of aromatic nitrogens is 8. The zero-order chi connectivity index (χ0) is 99.5. The van der Waals surface area contributed by atoms with E-state index in [-0.39, 0.29) is 114 Å². The van der Waals surface area contributed by atoms with Crippen molar-refractivity contribution < 1.29 is 123 Å². The average molecular weight is 1970 g/mol. The van der Waals surface area contributed by atoms with E-state index in [1.807, 2.05) is 0 Å². The maximum Gasteiger partial charge on any atom is 0.379 e. The highest BCUT2D eigenvalue weighted by Gasteiger charge is 2.57. The highest BCUT2D eigenvalue weighted by molar-refractivity contribution is 8.00. The number of Topliss-reactive ketones (excluding diaryl/α,β-unsaturated/α-hetero) is 1. The number of aromatic hydroxyl groups is 1. The lowest BCUT2D eigenvalue weighted by atomic mass is 9.89. The standard InChI is InChI=1S/C37H50BN11O10S2.C31H37BN8O7S.C13H20N4O7S2/c1-36(2,3)58-33(53)37(4,5)59-45-26(29-44-34(40)61-46-29)25(50)15-23-30(51)49-27(32(52)57-18-20-9-11-22(56-8)12-10-20)21(19-60-31(23)49)16-48-17-24(28(39)47(48)7)43-35(54)41-13-14-42-38(6)55;1-32(45)36-13-12-34-31(44)37-23-16-39(38(2)27(23)33)15-21-18-48-29-25(35-14-20-6-4-5-7-24(20)41)28(42)40(29)26(21)30(43)47-17-19-8-10-22(46-3)11-9-19;1-12(2,3)22-10(19)13(4,5)24-16-7(8-15-11(14)25-17-8)9(18)23-26(6,20)21/h9-12,17,23,31,39,42,55H,13-16,18-19H2,1-8H3,(H4,40,41,43,44,46,54);4-11,14,16,25,29,33,36,45H,12-13,15,17-18H2,1-3H3,(H3,34,35,37,41,44);1-6H3,(H2,14,15,17)/p+2/b45-26+;;16-7-/t23-,31-;25-,29-;/m11./s1. The molecule has 726 valence electrons. The first kappa shape index (κ1) is 106. The van der Waals surface area contributed by atoms with Crippen molar-refractivity contribution >= 4 is 181 Å². The maximum absolute atomic E-state index is 14.1. The first-order valence-corrected chi connectivity index (χ1v) is 46.8. The number of fused-ring (bicyclic) bond motifs is 2. The third kappa shape index (κ3) is 29.3. The zero-order valence-corrected chi connectivity index (χ0v) is 81.1. The van der Waals surface area contributed by atoms with Crippen molar-refractivity contribution in [1.29, 1.82) is 0 Å². The molecule has 4 aromatic heterocycles. The Hall–Kier alpha value is -13.0. The number of thioether (sulfide) groups is 2. The number of phenolic OH excluding ortho intramolecular Hbond substituents is 1. The van der Waals surface area contributed by atoms with E-state index >= 15 is 0 Å². The molecular formula is C81H109B2N23O24S5+2. The Morgan fingerprint density at radius 1 is 0.607 bits per heavy atom. The van der Waals surface area contributed by atoms with Gasteiger partial charge in [-0.1, -0.05) is 46.7 Å². The Kier molecular flexibility index (Phi) is 35.9. The molecule has 6 amide bonds. The minimum Gasteiger partial charge on any atom is -0.507 e. The molecule has 17 N–H and O–H groups in total. The minimum absolute atomic E-state index is 0.00579. The number of amides is 6. The third-order valence-corrected chi connectivity index (χ3v) is 23.6. The van der Waals surface area contributed by atoms with Gasteiger partial charge in [0.1, 0.15) is 58.4 Å². The SMILES string of the molecule is CC(C)(C)OC(=O)C(C)(C)O/N=C(\C(=O)OS(C)(=O)=O)c1nsc(N)n1.COc1ccc(COC(=O)C2=C(C[n+]3cc(NC(=O)NCCNB(C)O)c(N)n3C)CS[C@@H]3[C@H](CC(=O)/C(=N\OC(C)(C)C(=O)OC(C)(C)C)c4nsc(N)n4)C(=O)N23)cc1.COc1ccc(COC(=O)C2=C(C[n+]3cc(NC(=O)NCCNB(C)O)c(N)n3C)CS[C@@H]3[C@H](N=Cc4ccccc4O)C(=O)N23)cc1. The van der Waals surface area contributed by atoms with Gasteiger partial charge in [0.05, 0.1) is 45.9 Å². The van der Waals surface area contributed by atoms with E-state index in [2.05, 4.69) is 69.9 Å². The van der Waals surface area contributed by atoms with E-state index in [4.69, 9.17) is 61.0 Å².